The van der Waals surface area contributed by atoms with Crippen molar-refractivity contribution in [3.05, 3.63) is 35.4 Å². The van der Waals surface area contributed by atoms with E-state index in [4.69, 9.17) is 11.5 Å². The molecule has 7 heteroatoms. The minimum Gasteiger partial charge on any atom is -0.396 e. The molecule has 96 valence electrons. The molecule has 0 aromatic heterocycles. The van der Waals surface area contributed by atoms with Crippen molar-refractivity contribution in [2.45, 2.75) is 6.18 Å². The fraction of sp³-hybridized carbons (Fsp3) is 0.0909. The van der Waals surface area contributed by atoms with E-state index < -0.39 is 34.4 Å². The number of alkyl halides is 3. The minimum absolute atomic E-state index is 0.0693. The maximum absolute atomic E-state index is 13.4. The van der Waals surface area contributed by atoms with Crippen molar-refractivity contribution in [3.8, 4) is 0 Å². The van der Waals surface area contributed by atoms with Crippen LogP contribution in [0.5, 0.6) is 0 Å². The number of anilines is 2. The summed E-state index contributed by atoms with van der Waals surface area (Å²) in [6.07, 6.45) is -4.97. The third kappa shape index (κ3) is 1.71. The summed E-state index contributed by atoms with van der Waals surface area (Å²) in [5, 5.41) is -0.783. The van der Waals surface area contributed by atoms with Gasteiger partial charge in [0.15, 0.2) is 5.82 Å². The Morgan fingerprint density at radius 1 is 1.00 bits per heavy atom. The van der Waals surface area contributed by atoms with Crippen LogP contribution in [0.15, 0.2) is 18.2 Å². The molecule has 0 heterocycles. The molecule has 0 saturated heterocycles. The average Bonchev–Trinajstić information content (AvgIpc) is 2.25. The topological polar surface area (TPSA) is 52.0 Å². The Labute approximate surface area is 98.0 Å². The Morgan fingerprint density at radius 3 is 2.17 bits per heavy atom. The second-order valence-electron chi connectivity index (χ2n) is 3.71. The van der Waals surface area contributed by atoms with Crippen molar-refractivity contribution < 1.29 is 22.0 Å². The van der Waals surface area contributed by atoms with E-state index >= 15 is 0 Å². The molecule has 0 amide bonds. The number of rotatable bonds is 0. The SMILES string of the molecule is Nc1cc2ccc(F)c(C(F)(F)F)c2c(N)c1F. The number of nitrogens with two attached hydrogens (primary N) is 2. The predicted molar refractivity (Wildman–Crippen MR) is 57.7 cm³/mol. The number of halogens is 5. The first-order chi connectivity index (χ1) is 8.23. The highest BCUT2D eigenvalue weighted by Crippen LogP contribution is 2.41. The minimum atomic E-state index is -4.97. The Hall–Kier alpha value is -2.05. The molecule has 18 heavy (non-hydrogen) atoms. The molecule has 0 unspecified atom stereocenters. The first-order valence-corrected chi connectivity index (χ1v) is 4.76. The van der Waals surface area contributed by atoms with E-state index in [1.807, 2.05) is 0 Å². The van der Waals surface area contributed by atoms with Crippen LogP contribution in [0.1, 0.15) is 5.56 Å². The molecule has 0 aliphatic carbocycles. The van der Waals surface area contributed by atoms with Crippen molar-refractivity contribution >= 4 is 22.1 Å². The largest absolute Gasteiger partial charge is 0.419 e. The second kappa shape index (κ2) is 3.72. The molecular formula is C11H7F5N2. The first-order valence-electron chi connectivity index (χ1n) is 4.76. The third-order valence-electron chi connectivity index (χ3n) is 2.54. The Kier molecular flexibility index (Phi) is 2.57. The smallest absolute Gasteiger partial charge is 0.396 e. The van der Waals surface area contributed by atoms with Crippen molar-refractivity contribution in [3.63, 3.8) is 0 Å². The van der Waals surface area contributed by atoms with E-state index in [1.165, 1.54) is 0 Å². The van der Waals surface area contributed by atoms with Gasteiger partial charge in [0.1, 0.15) is 11.4 Å². The van der Waals surface area contributed by atoms with Crippen molar-refractivity contribution in [1.82, 2.24) is 0 Å². The van der Waals surface area contributed by atoms with Gasteiger partial charge in [-0.25, -0.2) is 8.78 Å². The monoisotopic (exact) mass is 262 g/mol. The molecule has 0 fully saturated rings. The van der Waals surface area contributed by atoms with Crippen LogP contribution in [-0.2, 0) is 6.18 Å². The van der Waals surface area contributed by atoms with Crippen LogP contribution in [0.25, 0.3) is 10.8 Å². The molecule has 0 aliphatic rings. The summed E-state index contributed by atoms with van der Waals surface area (Å²) in [5.41, 5.74) is 7.73. The number of fused-ring (bicyclic) bond motifs is 1. The van der Waals surface area contributed by atoms with Gasteiger partial charge in [0.25, 0.3) is 0 Å². The molecule has 0 bridgehead atoms. The first kappa shape index (κ1) is 12.4. The highest BCUT2D eigenvalue weighted by atomic mass is 19.4. The normalized spacial score (nSPS) is 12.1. The van der Waals surface area contributed by atoms with Gasteiger partial charge in [-0.05, 0) is 17.5 Å². The lowest BCUT2D eigenvalue weighted by atomic mass is 10.0. The van der Waals surface area contributed by atoms with Gasteiger partial charge < -0.3 is 11.5 Å². The molecule has 2 aromatic rings. The fourth-order valence-corrected chi connectivity index (χ4v) is 1.78. The number of hydrogen-bond donors (Lipinski definition) is 2. The molecule has 4 N–H and O–H groups in total. The number of nitrogen functional groups attached to an aromatic ring is 2. The van der Waals surface area contributed by atoms with Crippen LogP contribution in [0.2, 0.25) is 0 Å². The van der Waals surface area contributed by atoms with E-state index in [-0.39, 0.29) is 11.1 Å². The Morgan fingerprint density at radius 2 is 1.61 bits per heavy atom. The molecule has 0 radical (unpaired) electrons. The van der Waals surface area contributed by atoms with Gasteiger partial charge in [0.05, 0.1) is 11.4 Å². The lowest BCUT2D eigenvalue weighted by molar-refractivity contribution is -0.138. The molecule has 0 saturated carbocycles. The average molecular weight is 262 g/mol. The highest BCUT2D eigenvalue weighted by molar-refractivity contribution is 5.98. The molecule has 2 aromatic carbocycles. The van der Waals surface area contributed by atoms with Crippen LogP contribution in [0, 0.1) is 11.6 Å². The van der Waals surface area contributed by atoms with Gasteiger partial charge in [-0.3, -0.25) is 0 Å². The fourth-order valence-electron chi connectivity index (χ4n) is 1.78. The quantitative estimate of drug-likeness (QED) is 0.565. The van der Waals surface area contributed by atoms with E-state index in [2.05, 4.69) is 0 Å². The van der Waals surface area contributed by atoms with E-state index in [9.17, 15) is 22.0 Å². The summed E-state index contributed by atoms with van der Waals surface area (Å²) in [6.45, 7) is 0. The summed E-state index contributed by atoms with van der Waals surface area (Å²) in [6, 6.07) is 2.68. The molecule has 0 aliphatic heterocycles. The predicted octanol–water partition coefficient (Wildman–Crippen LogP) is 3.30. The lowest BCUT2D eigenvalue weighted by Crippen LogP contribution is -2.11. The summed E-state index contributed by atoms with van der Waals surface area (Å²) in [4.78, 5) is 0. The zero-order valence-electron chi connectivity index (χ0n) is 8.78. The maximum Gasteiger partial charge on any atom is 0.419 e. The van der Waals surface area contributed by atoms with Gasteiger partial charge in [0.2, 0.25) is 0 Å². The van der Waals surface area contributed by atoms with Crippen LogP contribution >= 0.6 is 0 Å². The summed E-state index contributed by atoms with van der Waals surface area (Å²) < 4.78 is 64.9. The van der Waals surface area contributed by atoms with Crippen LogP contribution in [0.4, 0.5) is 33.3 Å². The summed E-state index contributed by atoms with van der Waals surface area (Å²) in [7, 11) is 0. The van der Waals surface area contributed by atoms with Gasteiger partial charge >= 0.3 is 6.18 Å². The molecule has 2 rings (SSSR count). The zero-order chi connectivity index (χ0) is 13.7. The lowest BCUT2D eigenvalue weighted by Gasteiger charge is -2.14. The van der Waals surface area contributed by atoms with Gasteiger partial charge in [-0.1, -0.05) is 6.07 Å². The van der Waals surface area contributed by atoms with Crippen LogP contribution in [-0.4, -0.2) is 0 Å². The molecule has 0 atom stereocenters. The zero-order valence-corrected chi connectivity index (χ0v) is 8.78. The summed E-state index contributed by atoms with van der Waals surface area (Å²) >= 11 is 0. The van der Waals surface area contributed by atoms with Crippen molar-refractivity contribution in [2.75, 3.05) is 11.5 Å². The maximum atomic E-state index is 13.4. The van der Waals surface area contributed by atoms with E-state index in [0.717, 1.165) is 12.1 Å². The molecule has 0 spiro atoms. The number of benzene rings is 2. The van der Waals surface area contributed by atoms with Gasteiger partial charge in [-0.2, -0.15) is 13.2 Å². The molecular weight excluding hydrogens is 255 g/mol. The standard InChI is InChI=1S/C11H7F5N2/c12-5-2-1-4-3-6(17)9(13)10(18)7(4)8(5)11(14,15)16/h1-3H,17-18H2. The highest BCUT2D eigenvalue weighted by Gasteiger charge is 2.37. The van der Waals surface area contributed by atoms with Crippen LogP contribution < -0.4 is 11.5 Å². The Bertz CT molecular complexity index is 634. The van der Waals surface area contributed by atoms with E-state index in [1.54, 1.807) is 0 Å². The number of hydrogen-bond acceptors (Lipinski definition) is 2. The van der Waals surface area contributed by atoms with Gasteiger partial charge in [-0.15, -0.1) is 0 Å². The Balaban J connectivity index is 3.02. The summed E-state index contributed by atoms with van der Waals surface area (Å²) in [5.74, 6) is -2.69. The van der Waals surface area contributed by atoms with Crippen molar-refractivity contribution in [1.29, 1.82) is 0 Å². The molecule has 2 nitrogen and oxygen atoms in total. The van der Waals surface area contributed by atoms with Crippen LogP contribution in [0.3, 0.4) is 0 Å². The van der Waals surface area contributed by atoms with Crippen molar-refractivity contribution in [2.24, 2.45) is 0 Å². The van der Waals surface area contributed by atoms with E-state index in [0.29, 0.717) is 6.07 Å². The third-order valence-corrected chi connectivity index (χ3v) is 2.54. The second-order valence-corrected chi connectivity index (χ2v) is 3.71. The van der Waals surface area contributed by atoms with Gasteiger partial charge in [0, 0.05) is 5.39 Å².